The third-order valence-corrected chi connectivity index (χ3v) is 2.36. The predicted octanol–water partition coefficient (Wildman–Crippen LogP) is 2.52. The maximum atomic E-state index is 5.38. The van der Waals surface area contributed by atoms with Gasteiger partial charge in [0.1, 0.15) is 0 Å². The average Bonchev–Trinajstić information content (AvgIpc) is 2.62. The van der Waals surface area contributed by atoms with E-state index in [0.717, 1.165) is 15.6 Å². The van der Waals surface area contributed by atoms with Crippen LogP contribution in [-0.4, -0.2) is 11.6 Å². The molecule has 0 spiro atoms. The van der Waals surface area contributed by atoms with Crippen molar-refractivity contribution < 1.29 is 4.74 Å². The number of ether oxygens (including phenoxy) is 1. The van der Waals surface area contributed by atoms with Crippen molar-refractivity contribution >= 4 is 17.1 Å². The Morgan fingerprint density at radius 3 is 3.08 bits per heavy atom. The molecule has 1 aromatic rings. The molecule has 68 valence electrons. The molecule has 2 nitrogen and oxygen atoms in total. The zero-order valence-corrected chi connectivity index (χ0v) is 8.52. The van der Waals surface area contributed by atoms with E-state index in [4.69, 9.17) is 11.2 Å². The van der Waals surface area contributed by atoms with E-state index in [9.17, 15) is 0 Å². The van der Waals surface area contributed by atoms with Gasteiger partial charge in [0.25, 0.3) is 0 Å². The van der Waals surface area contributed by atoms with Crippen molar-refractivity contribution in [1.82, 2.24) is 4.98 Å². The molecule has 1 heterocycles. The number of thiazole rings is 1. The Morgan fingerprint density at radius 2 is 2.62 bits per heavy atom. The van der Waals surface area contributed by atoms with E-state index in [-0.39, 0.29) is 0 Å². The fourth-order valence-electron chi connectivity index (χ4n) is 0.879. The fourth-order valence-corrected chi connectivity index (χ4v) is 1.63. The first-order chi connectivity index (χ1) is 6.31. The number of nitrogens with zero attached hydrogens (tertiary/aromatic N) is 1. The van der Waals surface area contributed by atoms with Crippen LogP contribution in [0.25, 0.3) is 5.76 Å². The maximum absolute atomic E-state index is 5.38. The lowest BCUT2D eigenvalue weighted by Crippen LogP contribution is -1.89. The van der Waals surface area contributed by atoms with Gasteiger partial charge in [0.05, 0.1) is 17.7 Å². The van der Waals surface area contributed by atoms with Crippen LogP contribution in [0.5, 0.6) is 0 Å². The second-order valence-electron chi connectivity index (χ2n) is 2.26. The molecule has 0 unspecified atom stereocenters. The Kier molecular flexibility index (Phi) is 3.53. The molecule has 0 atom stereocenters. The number of terminal acetylenes is 1. The van der Waals surface area contributed by atoms with Gasteiger partial charge in [-0.05, 0) is 19.9 Å². The number of hydrogen-bond donors (Lipinski definition) is 0. The lowest BCUT2D eigenvalue weighted by atomic mass is 10.5. The van der Waals surface area contributed by atoms with Crippen molar-refractivity contribution in [2.24, 2.45) is 0 Å². The molecular weight excluding hydrogens is 182 g/mol. The van der Waals surface area contributed by atoms with Gasteiger partial charge in [-0.1, -0.05) is 5.92 Å². The smallest absolute Gasteiger partial charge is 0.159 e. The topological polar surface area (TPSA) is 22.1 Å². The van der Waals surface area contributed by atoms with Gasteiger partial charge < -0.3 is 4.74 Å². The standard InChI is InChI=1S/C10H11NOS/c1-4-8-7-11-10(13-8)9(5-2)12-6-3/h1,5,7H,6H2,2-3H3. The summed E-state index contributed by atoms with van der Waals surface area (Å²) in [6, 6.07) is 0. The Morgan fingerprint density at radius 1 is 1.85 bits per heavy atom. The van der Waals surface area contributed by atoms with Gasteiger partial charge in [-0.25, -0.2) is 4.98 Å². The molecule has 0 amide bonds. The van der Waals surface area contributed by atoms with Crippen LogP contribution in [0.2, 0.25) is 0 Å². The Balaban J connectivity index is 2.87. The first kappa shape index (κ1) is 9.82. The highest BCUT2D eigenvalue weighted by Crippen LogP contribution is 2.21. The highest BCUT2D eigenvalue weighted by molar-refractivity contribution is 7.13. The van der Waals surface area contributed by atoms with Gasteiger partial charge in [-0.2, -0.15) is 0 Å². The predicted molar refractivity (Wildman–Crippen MR) is 55.3 cm³/mol. The van der Waals surface area contributed by atoms with Gasteiger partial charge in [0.2, 0.25) is 0 Å². The lowest BCUT2D eigenvalue weighted by molar-refractivity contribution is 0.297. The summed E-state index contributed by atoms with van der Waals surface area (Å²) in [4.78, 5) is 4.99. The van der Waals surface area contributed by atoms with Gasteiger partial charge >= 0.3 is 0 Å². The summed E-state index contributed by atoms with van der Waals surface area (Å²) in [5, 5.41) is 0.845. The summed E-state index contributed by atoms with van der Waals surface area (Å²) in [5.74, 6) is 3.34. The van der Waals surface area contributed by atoms with Crippen LogP contribution in [0.3, 0.4) is 0 Å². The summed E-state index contributed by atoms with van der Waals surface area (Å²) in [5.41, 5.74) is 0. The molecule has 3 heteroatoms. The van der Waals surface area contributed by atoms with Gasteiger partial charge in [0.15, 0.2) is 10.8 Å². The zero-order valence-electron chi connectivity index (χ0n) is 7.70. The van der Waals surface area contributed by atoms with Gasteiger partial charge in [-0.3, -0.25) is 0 Å². The van der Waals surface area contributed by atoms with Crippen molar-refractivity contribution in [2.45, 2.75) is 13.8 Å². The molecule has 0 radical (unpaired) electrons. The van der Waals surface area contributed by atoms with Crippen molar-refractivity contribution in [3.05, 3.63) is 22.2 Å². The molecule has 0 aliphatic carbocycles. The third kappa shape index (κ3) is 2.33. The van der Waals surface area contributed by atoms with E-state index in [1.54, 1.807) is 6.20 Å². The fraction of sp³-hybridized carbons (Fsp3) is 0.300. The molecular formula is C10H11NOS. The van der Waals surface area contributed by atoms with Crippen LogP contribution < -0.4 is 0 Å². The summed E-state index contributed by atoms with van der Waals surface area (Å²) in [6.45, 7) is 4.51. The summed E-state index contributed by atoms with van der Waals surface area (Å²) in [6.07, 6.45) is 8.81. The summed E-state index contributed by atoms with van der Waals surface area (Å²) in [7, 11) is 0. The minimum Gasteiger partial charge on any atom is -0.491 e. The van der Waals surface area contributed by atoms with E-state index in [2.05, 4.69) is 10.9 Å². The number of aromatic nitrogens is 1. The first-order valence-electron chi connectivity index (χ1n) is 4.03. The van der Waals surface area contributed by atoms with E-state index in [1.165, 1.54) is 11.3 Å². The minimum atomic E-state index is 0.643. The molecule has 0 aliphatic heterocycles. The van der Waals surface area contributed by atoms with Crippen LogP contribution in [0.1, 0.15) is 23.7 Å². The van der Waals surface area contributed by atoms with Crippen molar-refractivity contribution in [2.75, 3.05) is 6.61 Å². The van der Waals surface area contributed by atoms with Crippen LogP contribution >= 0.6 is 11.3 Å². The molecule has 0 aromatic carbocycles. The SMILES string of the molecule is C#Cc1cnc(C(=CC)OCC)s1. The first-order valence-corrected chi connectivity index (χ1v) is 4.85. The zero-order chi connectivity index (χ0) is 9.68. The van der Waals surface area contributed by atoms with Crippen LogP contribution in [0.15, 0.2) is 12.3 Å². The van der Waals surface area contributed by atoms with Crippen LogP contribution in [0, 0.1) is 12.3 Å². The van der Waals surface area contributed by atoms with Crippen molar-refractivity contribution in [1.29, 1.82) is 0 Å². The number of allylic oxidation sites excluding steroid dienone is 1. The quantitative estimate of drug-likeness (QED) is 0.543. The van der Waals surface area contributed by atoms with E-state index >= 15 is 0 Å². The molecule has 0 saturated heterocycles. The molecule has 0 fully saturated rings. The second-order valence-corrected chi connectivity index (χ2v) is 3.29. The lowest BCUT2D eigenvalue weighted by Gasteiger charge is -2.02. The Labute approximate surface area is 82.3 Å². The molecule has 1 rings (SSSR count). The monoisotopic (exact) mass is 193 g/mol. The summed E-state index contributed by atoms with van der Waals surface area (Å²) < 4.78 is 5.38. The molecule has 0 N–H and O–H groups in total. The number of rotatable bonds is 3. The van der Waals surface area contributed by atoms with E-state index < -0.39 is 0 Å². The molecule has 1 aromatic heterocycles. The summed E-state index contributed by atoms with van der Waals surface area (Å²) >= 11 is 1.46. The Hall–Kier alpha value is -1.27. The molecule has 0 bridgehead atoms. The van der Waals surface area contributed by atoms with Crippen molar-refractivity contribution in [3.8, 4) is 12.3 Å². The highest BCUT2D eigenvalue weighted by Gasteiger charge is 2.05. The molecule has 0 aliphatic rings. The van der Waals surface area contributed by atoms with Crippen LogP contribution in [0.4, 0.5) is 0 Å². The highest BCUT2D eigenvalue weighted by atomic mass is 32.1. The molecule has 0 saturated carbocycles. The third-order valence-electron chi connectivity index (χ3n) is 1.42. The number of hydrogen-bond acceptors (Lipinski definition) is 3. The Bertz CT molecular complexity index is 346. The molecule has 13 heavy (non-hydrogen) atoms. The normalized spacial score (nSPS) is 11.0. The largest absolute Gasteiger partial charge is 0.491 e. The van der Waals surface area contributed by atoms with Gasteiger partial charge in [0, 0.05) is 0 Å². The average molecular weight is 193 g/mol. The maximum Gasteiger partial charge on any atom is 0.159 e. The van der Waals surface area contributed by atoms with Crippen LogP contribution in [-0.2, 0) is 4.74 Å². The van der Waals surface area contributed by atoms with E-state index in [1.807, 2.05) is 19.9 Å². The van der Waals surface area contributed by atoms with Gasteiger partial charge in [-0.15, -0.1) is 17.8 Å². The van der Waals surface area contributed by atoms with Crippen molar-refractivity contribution in [3.63, 3.8) is 0 Å². The minimum absolute atomic E-state index is 0.643. The second kappa shape index (κ2) is 4.68. The van der Waals surface area contributed by atoms with E-state index in [0.29, 0.717) is 6.61 Å².